The van der Waals surface area contributed by atoms with Crippen molar-refractivity contribution in [2.45, 2.75) is 25.3 Å². The maximum Gasteiger partial charge on any atom is 0.226 e. The van der Waals surface area contributed by atoms with Crippen LogP contribution in [0.15, 0.2) is 60.7 Å². The number of piperidine rings is 1. The van der Waals surface area contributed by atoms with E-state index in [1.807, 2.05) is 23.1 Å². The normalized spacial score (nSPS) is 14.3. The monoisotopic (exact) mass is 491 g/mol. The Morgan fingerprint density at radius 1 is 0.944 bits per heavy atom. The highest BCUT2D eigenvalue weighted by Crippen LogP contribution is 2.37. The topological polar surface area (TPSA) is 56.6 Å². The maximum atomic E-state index is 14.0. The SMILES string of the molecule is COc1ccc(-c2nc3cc(F)ccc3n2C2CCN(C(=O)Cc3cccc(F)c3)CC2)cc1OC. The van der Waals surface area contributed by atoms with E-state index in [1.165, 1.54) is 24.3 Å². The highest BCUT2D eigenvalue weighted by atomic mass is 19.1. The van der Waals surface area contributed by atoms with Gasteiger partial charge in [-0.25, -0.2) is 13.8 Å². The summed E-state index contributed by atoms with van der Waals surface area (Å²) in [6, 6.07) is 16.5. The number of hydrogen-bond acceptors (Lipinski definition) is 4. The van der Waals surface area contributed by atoms with Crippen LogP contribution in [0.1, 0.15) is 24.4 Å². The first-order valence-corrected chi connectivity index (χ1v) is 11.9. The van der Waals surface area contributed by atoms with Crippen molar-refractivity contribution in [2.24, 2.45) is 0 Å². The molecule has 1 aliphatic heterocycles. The molecule has 1 amide bonds. The predicted molar refractivity (Wildman–Crippen MR) is 133 cm³/mol. The molecule has 8 heteroatoms. The van der Waals surface area contributed by atoms with Crippen LogP contribution in [0.5, 0.6) is 11.5 Å². The second kappa shape index (κ2) is 9.97. The Bertz CT molecular complexity index is 1410. The van der Waals surface area contributed by atoms with Gasteiger partial charge < -0.3 is 18.9 Å². The molecule has 36 heavy (non-hydrogen) atoms. The Hall–Kier alpha value is -3.94. The Morgan fingerprint density at radius 2 is 1.69 bits per heavy atom. The average Bonchev–Trinajstić information content (AvgIpc) is 3.26. The molecule has 0 unspecified atom stereocenters. The third-order valence-electron chi connectivity index (χ3n) is 6.72. The Balaban J connectivity index is 1.42. The number of aromatic nitrogens is 2. The Morgan fingerprint density at radius 3 is 2.42 bits per heavy atom. The first-order valence-electron chi connectivity index (χ1n) is 11.9. The van der Waals surface area contributed by atoms with Gasteiger partial charge in [0.1, 0.15) is 17.5 Å². The lowest BCUT2D eigenvalue weighted by Gasteiger charge is -2.34. The molecule has 0 radical (unpaired) electrons. The van der Waals surface area contributed by atoms with Crippen LogP contribution < -0.4 is 9.47 Å². The zero-order chi connectivity index (χ0) is 25.2. The van der Waals surface area contributed by atoms with Crippen molar-refractivity contribution in [3.63, 3.8) is 0 Å². The molecule has 0 saturated carbocycles. The summed E-state index contributed by atoms with van der Waals surface area (Å²) in [7, 11) is 3.16. The van der Waals surface area contributed by atoms with Crippen LogP contribution in [-0.2, 0) is 11.2 Å². The number of ether oxygens (including phenoxy) is 2. The van der Waals surface area contributed by atoms with Gasteiger partial charge in [0.05, 0.1) is 31.7 Å². The number of hydrogen-bond donors (Lipinski definition) is 0. The Kier molecular flexibility index (Phi) is 6.59. The summed E-state index contributed by atoms with van der Waals surface area (Å²) in [5.74, 6) is 1.20. The minimum atomic E-state index is -0.344. The Labute approximate surface area is 208 Å². The van der Waals surface area contributed by atoms with Gasteiger partial charge in [-0.1, -0.05) is 12.1 Å². The van der Waals surface area contributed by atoms with Gasteiger partial charge in [0, 0.05) is 30.8 Å². The lowest BCUT2D eigenvalue weighted by atomic mass is 10.0. The van der Waals surface area contributed by atoms with Crippen LogP contribution in [-0.4, -0.2) is 47.7 Å². The number of fused-ring (bicyclic) bond motifs is 1. The van der Waals surface area contributed by atoms with Gasteiger partial charge in [0.2, 0.25) is 5.91 Å². The molecule has 1 saturated heterocycles. The molecule has 3 aromatic carbocycles. The summed E-state index contributed by atoms with van der Waals surface area (Å²) in [5, 5.41) is 0. The van der Waals surface area contributed by atoms with Crippen LogP contribution >= 0.6 is 0 Å². The molecule has 0 spiro atoms. The number of halogens is 2. The minimum Gasteiger partial charge on any atom is -0.493 e. The van der Waals surface area contributed by atoms with Gasteiger partial charge in [-0.3, -0.25) is 4.79 Å². The van der Waals surface area contributed by atoms with Crippen molar-refractivity contribution in [1.29, 1.82) is 0 Å². The van der Waals surface area contributed by atoms with E-state index in [4.69, 9.17) is 14.5 Å². The fraction of sp³-hybridized carbons (Fsp3) is 0.286. The van der Waals surface area contributed by atoms with Crippen molar-refractivity contribution < 1.29 is 23.0 Å². The fourth-order valence-electron chi connectivity index (χ4n) is 4.93. The molecule has 0 atom stereocenters. The van der Waals surface area contributed by atoms with Crippen molar-refractivity contribution in [3.05, 3.63) is 77.9 Å². The minimum absolute atomic E-state index is 0.0169. The standard InChI is InChI=1S/C28H27F2N3O3/c1-35-25-9-6-19(16-26(25)36-2)28-31-23-17-21(30)7-8-24(23)33(28)22-10-12-32(13-11-22)27(34)15-18-4-3-5-20(29)14-18/h3-9,14,16-17,22H,10-13,15H2,1-2H3. The van der Waals surface area contributed by atoms with Gasteiger partial charge in [-0.05, 0) is 60.9 Å². The molecule has 1 aliphatic rings. The zero-order valence-electron chi connectivity index (χ0n) is 20.2. The molecule has 2 heterocycles. The molecule has 5 rings (SSSR count). The van der Waals surface area contributed by atoms with Gasteiger partial charge in [-0.15, -0.1) is 0 Å². The van der Waals surface area contributed by atoms with E-state index in [0.29, 0.717) is 41.5 Å². The number of amides is 1. The van der Waals surface area contributed by atoms with Crippen LogP contribution in [0, 0.1) is 11.6 Å². The predicted octanol–water partition coefficient (Wildman–Crippen LogP) is 5.40. The van der Waals surface area contributed by atoms with Crippen LogP contribution in [0.3, 0.4) is 0 Å². The number of benzene rings is 3. The maximum absolute atomic E-state index is 14.0. The van der Waals surface area contributed by atoms with Crippen molar-refractivity contribution in [3.8, 4) is 22.9 Å². The lowest BCUT2D eigenvalue weighted by Crippen LogP contribution is -2.40. The molecule has 6 nitrogen and oxygen atoms in total. The number of carbonyl (C=O) groups is 1. The largest absolute Gasteiger partial charge is 0.493 e. The molecule has 4 aromatic rings. The summed E-state index contributed by atoms with van der Waals surface area (Å²) in [6.07, 6.45) is 1.61. The van der Waals surface area contributed by atoms with Crippen LogP contribution in [0.2, 0.25) is 0 Å². The van der Waals surface area contributed by atoms with Crippen molar-refractivity contribution in [1.82, 2.24) is 14.5 Å². The van der Waals surface area contributed by atoms with Crippen LogP contribution in [0.25, 0.3) is 22.4 Å². The lowest BCUT2D eigenvalue weighted by molar-refractivity contribution is -0.131. The summed E-state index contributed by atoms with van der Waals surface area (Å²) in [4.78, 5) is 19.5. The number of imidazole rings is 1. The molecule has 0 N–H and O–H groups in total. The number of likely N-dealkylation sites (tertiary alicyclic amines) is 1. The quantitative estimate of drug-likeness (QED) is 0.362. The van der Waals surface area contributed by atoms with E-state index in [9.17, 15) is 13.6 Å². The van der Waals surface area contributed by atoms with Gasteiger partial charge in [0.15, 0.2) is 11.5 Å². The van der Waals surface area contributed by atoms with E-state index in [-0.39, 0.29) is 30.0 Å². The number of nitrogens with zero attached hydrogens (tertiary/aromatic N) is 3. The molecular weight excluding hydrogens is 464 g/mol. The first kappa shape index (κ1) is 23.8. The summed E-state index contributed by atoms with van der Waals surface area (Å²) in [6.45, 7) is 1.15. The number of carbonyl (C=O) groups excluding carboxylic acids is 1. The van der Waals surface area contributed by atoms with Crippen molar-refractivity contribution in [2.75, 3.05) is 27.3 Å². The second-order valence-electron chi connectivity index (χ2n) is 8.93. The molecular formula is C28H27F2N3O3. The van der Waals surface area contributed by atoms with E-state index >= 15 is 0 Å². The third kappa shape index (κ3) is 4.63. The third-order valence-corrected chi connectivity index (χ3v) is 6.72. The number of rotatable bonds is 6. The van der Waals surface area contributed by atoms with Crippen LogP contribution in [0.4, 0.5) is 8.78 Å². The average molecular weight is 492 g/mol. The highest BCUT2D eigenvalue weighted by Gasteiger charge is 2.28. The van der Waals surface area contributed by atoms with Gasteiger partial charge >= 0.3 is 0 Å². The van der Waals surface area contributed by atoms with E-state index < -0.39 is 0 Å². The first-order chi connectivity index (χ1) is 17.5. The van der Waals surface area contributed by atoms with Gasteiger partial charge in [0.25, 0.3) is 0 Å². The van der Waals surface area contributed by atoms with E-state index in [1.54, 1.807) is 32.4 Å². The number of methoxy groups -OCH3 is 2. The smallest absolute Gasteiger partial charge is 0.226 e. The summed E-state index contributed by atoms with van der Waals surface area (Å²) >= 11 is 0. The second-order valence-corrected chi connectivity index (χ2v) is 8.93. The fourth-order valence-corrected chi connectivity index (χ4v) is 4.93. The molecule has 0 aliphatic carbocycles. The zero-order valence-corrected chi connectivity index (χ0v) is 20.2. The van der Waals surface area contributed by atoms with Crippen molar-refractivity contribution >= 4 is 16.9 Å². The summed E-state index contributed by atoms with van der Waals surface area (Å²) < 4.78 is 40.5. The molecule has 0 bridgehead atoms. The summed E-state index contributed by atoms with van der Waals surface area (Å²) in [5.41, 5.74) is 2.91. The molecule has 186 valence electrons. The van der Waals surface area contributed by atoms with E-state index in [2.05, 4.69) is 4.57 Å². The van der Waals surface area contributed by atoms with E-state index in [0.717, 1.165) is 23.9 Å². The molecule has 1 aromatic heterocycles. The van der Waals surface area contributed by atoms with Gasteiger partial charge in [-0.2, -0.15) is 0 Å². The molecule has 1 fully saturated rings. The highest BCUT2D eigenvalue weighted by molar-refractivity contribution is 5.82.